The van der Waals surface area contributed by atoms with Crippen molar-refractivity contribution in [3.8, 4) is 11.6 Å². The topological polar surface area (TPSA) is 105 Å². The third kappa shape index (κ3) is 5.30. The smallest absolute Gasteiger partial charge is 0.414 e. The van der Waals surface area contributed by atoms with Crippen molar-refractivity contribution in [2.75, 3.05) is 49.2 Å². The molecule has 3 heterocycles. The van der Waals surface area contributed by atoms with Gasteiger partial charge in [-0.15, -0.1) is 0 Å². The molecule has 3 aromatic rings. The molecule has 1 atom stereocenters. The van der Waals surface area contributed by atoms with Gasteiger partial charge < -0.3 is 19.5 Å². The van der Waals surface area contributed by atoms with Gasteiger partial charge in [0.2, 0.25) is 5.88 Å². The van der Waals surface area contributed by atoms with E-state index in [4.69, 9.17) is 14.3 Å². The number of anilines is 2. The van der Waals surface area contributed by atoms with Gasteiger partial charge in [0.15, 0.2) is 17.7 Å². The number of aromatic hydroxyl groups is 1. The number of carbonyl (C=O) groups is 2. The summed E-state index contributed by atoms with van der Waals surface area (Å²) in [5, 5.41) is 11.0. The number of hydrogen-bond donors (Lipinski definition) is 1. The van der Waals surface area contributed by atoms with Crippen molar-refractivity contribution in [2.24, 2.45) is 0 Å². The van der Waals surface area contributed by atoms with E-state index >= 15 is 8.78 Å². The first kappa shape index (κ1) is 25.2. The lowest BCUT2D eigenvalue weighted by molar-refractivity contribution is -0.111. The molecular formula is C26H24F2N4O6. The zero-order valence-corrected chi connectivity index (χ0v) is 20.1. The molecule has 2 saturated heterocycles. The molecule has 0 spiro atoms. The van der Waals surface area contributed by atoms with Crippen LogP contribution in [0.4, 0.5) is 25.0 Å². The Morgan fingerprint density at radius 1 is 1.08 bits per heavy atom. The van der Waals surface area contributed by atoms with Crippen LogP contribution in [0.15, 0.2) is 60.8 Å². The predicted octanol–water partition coefficient (Wildman–Crippen LogP) is 3.36. The van der Waals surface area contributed by atoms with Crippen molar-refractivity contribution < 1.29 is 37.8 Å². The van der Waals surface area contributed by atoms with Crippen LogP contribution in [0.5, 0.6) is 11.6 Å². The van der Waals surface area contributed by atoms with E-state index in [2.05, 4.69) is 4.98 Å². The van der Waals surface area contributed by atoms with Gasteiger partial charge in [0.05, 0.1) is 30.9 Å². The highest BCUT2D eigenvalue weighted by Gasteiger charge is 2.34. The number of hydroxylamine groups is 2. The number of para-hydroxylation sites is 1. The average Bonchev–Trinajstić information content (AvgIpc) is 3.12. The number of nitrogens with zero attached hydrogens (tertiary/aromatic N) is 4. The van der Waals surface area contributed by atoms with Gasteiger partial charge in [-0.25, -0.2) is 23.6 Å². The van der Waals surface area contributed by atoms with E-state index in [1.54, 1.807) is 36.5 Å². The van der Waals surface area contributed by atoms with Crippen LogP contribution in [0.2, 0.25) is 0 Å². The highest BCUT2D eigenvalue weighted by Crippen LogP contribution is 2.32. The summed E-state index contributed by atoms with van der Waals surface area (Å²) in [6, 6.07) is 13.3. The predicted molar refractivity (Wildman–Crippen MR) is 131 cm³/mol. The zero-order valence-electron chi connectivity index (χ0n) is 20.1. The second kappa shape index (κ2) is 10.9. The zero-order chi connectivity index (χ0) is 26.6. The van der Waals surface area contributed by atoms with Gasteiger partial charge >= 0.3 is 6.09 Å². The monoisotopic (exact) mass is 526 g/mol. The Morgan fingerprint density at radius 3 is 2.58 bits per heavy atom. The van der Waals surface area contributed by atoms with E-state index in [0.717, 1.165) is 22.1 Å². The quantitative estimate of drug-likeness (QED) is 0.522. The van der Waals surface area contributed by atoms with Gasteiger partial charge in [-0.2, -0.15) is 0 Å². The maximum atomic E-state index is 15.2. The van der Waals surface area contributed by atoms with Crippen LogP contribution in [0.25, 0.3) is 0 Å². The number of ether oxygens (including phenoxy) is 2. The number of hydrogen-bond acceptors (Lipinski definition) is 8. The van der Waals surface area contributed by atoms with E-state index in [1.165, 1.54) is 17.0 Å². The van der Waals surface area contributed by atoms with Crippen LogP contribution < -0.4 is 14.5 Å². The maximum absolute atomic E-state index is 15.2. The summed E-state index contributed by atoms with van der Waals surface area (Å²) < 4.78 is 41.2. The summed E-state index contributed by atoms with van der Waals surface area (Å²) in [5.74, 6) is -2.13. The van der Waals surface area contributed by atoms with Crippen molar-refractivity contribution in [1.82, 2.24) is 10.0 Å². The summed E-state index contributed by atoms with van der Waals surface area (Å²) in [6.07, 6.45) is 0.174. The van der Waals surface area contributed by atoms with Crippen LogP contribution in [-0.4, -0.2) is 72.7 Å². The molecule has 0 aliphatic carbocycles. The van der Waals surface area contributed by atoms with Crippen LogP contribution in [-0.2, 0) is 9.57 Å². The minimum atomic E-state index is -0.874. The molecule has 0 unspecified atom stereocenters. The van der Waals surface area contributed by atoms with E-state index in [-0.39, 0.29) is 62.1 Å². The van der Waals surface area contributed by atoms with E-state index < -0.39 is 29.7 Å². The summed E-state index contributed by atoms with van der Waals surface area (Å²) in [5.41, 5.74) is -0.225. The summed E-state index contributed by atoms with van der Waals surface area (Å²) in [7, 11) is 0. The fourth-order valence-electron chi connectivity index (χ4n) is 4.26. The van der Waals surface area contributed by atoms with Crippen molar-refractivity contribution in [3.05, 3.63) is 78.0 Å². The van der Waals surface area contributed by atoms with E-state index in [0.29, 0.717) is 5.88 Å². The average molecular weight is 526 g/mol. The van der Waals surface area contributed by atoms with Crippen LogP contribution in [0, 0.1) is 11.6 Å². The van der Waals surface area contributed by atoms with E-state index in [1.807, 2.05) is 0 Å². The molecule has 10 nitrogen and oxygen atoms in total. The first-order valence-electron chi connectivity index (χ1n) is 11.9. The van der Waals surface area contributed by atoms with Crippen LogP contribution in [0.3, 0.4) is 0 Å². The summed E-state index contributed by atoms with van der Waals surface area (Å²) >= 11 is 0. The molecule has 2 aromatic carbocycles. The normalized spacial score (nSPS) is 17.8. The lowest BCUT2D eigenvalue weighted by Gasteiger charge is -2.24. The molecule has 12 heteroatoms. The summed E-state index contributed by atoms with van der Waals surface area (Å²) in [4.78, 5) is 37.2. The lowest BCUT2D eigenvalue weighted by atomic mass is 10.2. The molecule has 0 radical (unpaired) electrons. The Labute approximate surface area is 216 Å². The van der Waals surface area contributed by atoms with Crippen molar-refractivity contribution in [1.29, 1.82) is 0 Å². The number of phenolic OH excluding ortho intramolecular Hbond substituents is 1. The Morgan fingerprint density at radius 2 is 1.84 bits per heavy atom. The van der Waals surface area contributed by atoms with Crippen molar-refractivity contribution in [2.45, 2.75) is 6.10 Å². The van der Waals surface area contributed by atoms with Crippen LogP contribution in [0.1, 0.15) is 10.4 Å². The van der Waals surface area contributed by atoms with E-state index in [9.17, 15) is 14.7 Å². The Kier molecular flexibility index (Phi) is 7.22. The number of rotatable bonds is 6. The Bertz CT molecular complexity index is 1310. The summed E-state index contributed by atoms with van der Waals surface area (Å²) in [6.45, 7) is 0.249. The number of benzene rings is 2. The Balaban J connectivity index is 1.25. The van der Waals surface area contributed by atoms with Gasteiger partial charge in [-0.3, -0.25) is 14.5 Å². The van der Waals surface area contributed by atoms with Crippen LogP contribution >= 0.6 is 0 Å². The SMILES string of the molecule is O=C(c1ccccc1O)N1CCN(c2c(F)cc(N3C[C@H](COc4ccccn4)OC3=O)cc2F)CCO1. The number of halogens is 2. The molecule has 0 bridgehead atoms. The second-order valence-electron chi connectivity index (χ2n) is 8.60. The molecule has 198 valence electrons. The highest BCUT2D eigenvalue weighted by atomic mass is 19.1. The maximum Gasteiger partial charge on any atom is 0.414 e. The number of pyridine rings is 1. The molecule has 2 amide bonds. The largest absolute Gasteiger partial charge is 0.507 e. The molecule has 1 aromatic heterocycles. The van der Waals surface area contributed by atoms with Gasteiger partial charge in [0.1, 0.15) is 18.0 Å². The first-order valence-corrected chi connectivity index (χ1v) is 11.9. The molecule has 2 aliphatic rings. The van der Waals surface area contributed by atoms with Gasteiger partial charge in [0.25, 0.3) is 5.91 Å². The lowest BCUT2D eigenvalue weighted by Crippen LogP contribution is -2.35. The van der Waals surface area contributed by atoms with Crippen molar-refractivity contribution in [3.63, 3.8) is 0 Å². The minimum absolute atomic E-state index is 0.00417. The molecule has 1 N–H and O–H groups in total. The highest BCUT2D eigenvalue weighted by molar-refractivity contribution is 5.96. The second-order valence-corrected chi connectivity index (χ2v) is 8.60. The molecular weight excluding hydrogens is 502 g/mol. The van der Waals surface area contributed by atoms with Gasteiger partial charge in [-0.05, 0) is 18.2 Å². The molecule has 38 heavy (non-hydrogen) atoms. The Hall–Kier alpha value is -4.45. The first-order chi connectivity index (χ1) is 18.4. The van der Waals surface area contributed by atoms with Crippen molar-refractivity contribution >= 4 is 23.4 Å². The molecule has 0 saturated carbocycles. The number of cyclic esters (lactones) is 1. The number of amides is 2. The third-order valence-electron chi connectivity index (χ3n) is 6.10. The number of aromatic nitrogens is 1. The third-order valence-corrected chi connectivity index (χ3v) is 6.10. The standard InChI is InChI=1S/C26H24F2N4O6/c27-20-13-17(31-15-18(38-26(31)35)16-36-23-7-3-4-8-29-23)14-21(28)24(20)30-9-10-32(37-12-11-30)25(34)19-5-1-2-6-22(19)33/h1-8,13-14,18,33H,9-12,15-16H2/t18-/m1/s1. The minimum Gasteiger partial charge on any atom is -0.507 e. The molecule has 5 rings (SSSR count). The molecule has 2 aliphatic heterocycles. The fourth-order valence-corrected chi connectivity index (χ4v) is 4.26. The fraction of sp³-hybridized carbons (Fsp3) is 0.269. The number of carbonyl (C=O) groups excluding carboxylic acids is 2. The van der Waals surface area contributed by atoms with Gasteiger partial charge in [0, 0.05) is 37.5 Å². The number of phenols is 1. The van der Waals surface area contributed by atoms with Gasteiger partial charge in [-0.1, -0.05) is 18.2 Å². The molecule has 2 fully saturated rings.